The van der Waals surface area contributed by atoms with Crippen molar-refractivity contribution in [2.24, 2.45) is 28.8 Å². The molecule has 3 saturated heterocycles. The second kappa shape index (κ2) is 24.1. The van der Waals surface area contributed by atoms with Crippen molar-refractivity contribution in [3.63, 3.8) is 0 Å². The van der Waals surface area contributed by atoms with Crippen LogP contribution >= 0.6 is 0 Å². The van der Waals surface area contributed by atoms with E-state index in [0.29, 0.717) is 38.2 Å². The maximum absolute atomic E-state index is 14.4. The van der Waals surface area contributed by atoms with Gasteiger partial charge in [-0.05, 0) is 98.2 Å². The molecule has 5 rings (SSSR count). The number of methoxy groups -OCH3 is 1. The molecule has 0 bridgehead atoms. The molecule has 0 spiro atoms. The second-order valence-corrected chi connectivity index (χ2v) is 19.7. The van der Waals surface area contributed by atoms with Gasteiger partial charge in [0.2, 0.25) is 0 Å². The maximum Gasteiger partial charge on any atom is 0.316 e. The number of non-ortho nitro benzene ring substituents is 1. The number of oxime groups is 1. The summed E-state index contributed by atoms with van der Waals surface area (Å²) in [4.78, 5) is 46.9. The van der Waals surface area contributed by atoms with Crippen LogP contribution in [0.1, 0.15) is 112 Å². The number of likely N-dealkylation sites (N-methyl/N-ethyl adjacent to an activating group) is 1. The molecule has 3 fully saturated rings. The molecule has 19 nitrogen and oxygen atoms in total. The van der Waals surface area contributed by atoms with E-state index in [9.17, 15) is 35.0 Å². The zero-order valence-electron chi connectivity index (χ0n) is 41.2. The molecule has 0 saturated carbocycles. The number of aliphatic hydroxyl groups excluding tert-OH is 2. The molecule has 0 amide bonds. The van der Waals surface area contributed by atoms with Crippen molar-refractivity contribution in [2.75, 3.05) is 33.8 Å². The number of aliphatic hydroxyl groups is 3. The standard InChI is InChI=1S/C48H77N7O12/c1-11-39-48(8,60)43(58)31(4)40(51-67-37-16-14-22-49-27-37)29(2)26-47(7,63-10)44(32(5)41(56)33(6)45(59)65-39)66-46-42(57)38(25-30(3)64-46)53(9)24-21-35-28-54(52-50-35)23-13-12-15-34-17-19-36(20-18-34)55(61)62/h17-20,28-33,37-39,42-44,46,49,57-58,60H,11-16,21-27H2,1-10H3/b51-40+/t29-,30-,31+,32+,33-,37-,38+,39-,42-,43-,44-,46+,47-,48-/m1/s1. The Hall–Kier alpha value is -3.95. The lowest BCUT2D eigenvalue weighted by molar-refractivity contribution is -0.384. The van der Waals surface area contributed by atoms with Crippen LogP contribution in [0.15, 0.2) is 35.6 Å². The average Bonchev–Trinajstić information content (AvgIpc) is 3.77. The maximum atomic E-state index is 14.4. The van der Waals surface area contributed by atoms with E-state index in [1.54, 1.807) is 32.9 Å². The van der Waals surface area contributed by atoms with Gasteiger partial charge in [-0.3, -0.25) is 24.4 Å². The molecule has 4 heterocycles. The van der Waals surface area contributed by atoms with Crippen LogP contribution in [-0.2, 0) is 52.8 Å². The third-order valence-electron chi connectivity index (χ3n) is 14.4. The number of aromatic nitrogens is 3. The van der Waals surface area contributed by atoms with Crippen molar-refractivity contribution in [1.82, 2.24) is 25.2 Å². The number of carbonyl (C=O) groups excluding carboxylic acids is 2. The van der Waals surface area contributed by atoms with Gasteiger partial charge in [0, 0.05) is 75.3 Å². The first-order valence-corrected chi connectivity index (χ1v) is 24.2. The third-order valence-corrected chi connectivity index (χ3v) is 14.4. The van der Waals surface area contributed by atoms with Crippen molar-refractivity contribution in [2.45, 2.75) is 180 Å². The van der Waals surface area contributed by atoms with Gasteiger partial charge in [-0.1, -0.05) is 50.2 Å². The average molecular weight is 944 g/mol. The topological polar surface area (TPSA) is 242 Å². The molecule has 0 aliphatic carbocycles. The van der Waals surface area contributed by atoms with Crippen molar-refractivity contribution in [3.8, 4) is 0 Å². The van der Waals surface area contributed by atoms with Gasteiger partial charge in [-0.25, -0.2) is 0 Å². The lowest BCUT2D eigenvalue weighted by atomic mass is 9.74. The van der Waals surface area contributed by atoms with Gasteiger partial charge in [0.05, 0.1) is 40.2 Å². The van der Waals surface area contributed by atoms with Crippen LogP contribution in [0, 0.1) is 33.8 Å². The highest BCUT2D eigenvalue weighted by molar-refractivity contribution is 6.00. The Morgan fingerprint density at radius 3 is 2.43 bits per heavy atom. The summed E-state index contributed by atoms with van der Waals surface area (Å²) < 4.78 is 27.1. The smallest absolute Gasteiger partial charge is 0.316 e. The van der Waals surface area contributed by atoms with Gasteiger partial charge < -0.3 is 49.3 Å². The monoisotopic (exact) mass is 944 g/mol. The summed E-state index contributed by atoms with van der Waals surface area (Å²) in [6, 6.07) is 6.22. The van der Waals surface area contributed by atoms with Crippen LogP contribution in [-0.4, -0.2) is 152 Å². The van der Waals surface area contributed by atoms with Crippen molar-refractivity contribution >= 4 is 23.2 Å². The predicted molar refractivity (Wildman–Crippen MR) is 249 cm³/mol. The highest BCUT2D eigenvalue weighted by atomic mass is 16.7. The molecule has 19 heteroatoms. The van der Waals surface area contributed by atoms with E-state index in [2.05, 4.69) is 25.7 Å². The predicted octanol–water partition coefficient (Wildman–Crippen LogP) is 4.41. The summed E-state index contributed by atoms with van der Waals surface area (Å²) in [7, 11) is 3.45. The molecule has 376 valence electrons. The summed E-state index contributed by atoms with van der Waals surface area (Å²) in [5.41, 5.74) is -0.812. The van der Waals surface area contributed by atoms with Gasteiger partial charge in [0.15, 0.2) is 12.1 Å². The summed E-state index contributed by atoms with van der Waals surface area (Å²) in [6.07, 6.45) is 1.05. The number of hydrogen-bond acceptors (Lipinski definition) is 17. The number of esters is 1. The SMILES string of the molecule is CC[C@H]1OC(=O)[C@H](C)C(=O)[C@H](C)[C@@H](O[C@@H]2O[C@H](C)C[C@H](N(C)CCc3cn(CCCCc4ccc([N+](=O)[O-])cc4)nn3)[C@H]2O)[C@](C)(OC)C[C@@H](C)/C(=N\O[C@@H]2CCCNC2)[C@H](C)[C@@H](O)[C@]1(C)O. The number of ether oxygens (including phenoxy) is 4. The van der Waals surface area contributed by atoms with E-state index in [1.165, 1.54) is 33.1 Å². The number of nitrogens with zero attached hydrogens (tertiary/aromatic N) is 6. The Bertz CT molecular complexity index is 1940. The Morgan fingerprint density at radius 2 is 1.79 bits per heavy atom. The number of Topliss-reactive ketones (excluding diaryl/α,β-unsaturated/α-hetero) is 1. The third kappa shape index (κ3) is 13.6. The quantitative estimate of drug-likeness (QED) is 0.0599. The number of unbranched alkanes of at least 4 members (excludes halogenated alkanes) is 1. The van der Waals surface area contributed by atoms with E-state index in [0.717, 1.165) is 49.9 Å². The normalized spacial score (nSPS) is 35.6. The fourth-order valence-electron chi connectivity index (χ4n) is 9.99. The lowest BCUT2D eigenvalue weighted by Crippen LogP contribution is -2.60. The Morgan fingerprint density at radius 1 is 1.07 bits per heavy atom. The molecular weight excluding hydrogens is 867 g/mol. The number of nitrogens with one attached hydrogen (secondary N) is 1. The Balaban J connectivity index is 1.33. The molecule has 1 aromatic carbocycles. The van der Waals surface area contributed by atoms with Crippen LogP contribution in [0.4, 0.5) is 5.69 Å². The fraction of sp³-hybridized carbons (Fsp3) is 0.771. The number of rotatable bonds is 16. The van der Waals surface area contributed by atoms with Gasteiger partial charge >= 0.3 is 5.97 Å². The van der Waals surface area contributed by atoms with Crippen LogP contribution in [0.5, 0.6) is 0 Å². The van der Waals surface area contributed by atoms with Gasteiger partial charge in [0.1, 0.15) is 29.8 Å². The number of piperidine rings is 1. The molecule has 0 radical (unpaired) electrons. The molecule has 1 aromatic heterocycles. The number of benzene rings is 1. The summed E-state index contributed by atoms with van der Waals surface area (Å²) in [5, 5.41) is 63.5. The molecule has 0 unspecified atom stereocenters. The molecule has 67 heavy (non-hydrogen) atoms. The second-order valence-electron chi connectivity index (χ2n) is 19.7. The van der Waals surface area contributed by atoms with E-state index in [1.807, 2.05) is 38.7 Å². The van der Waals surface area contributed by atoms with Crippen LogP contribution in [0.2, 0.25) is 0 Å². The zero-order valence-corrected chi connectivity index (χ0v) is 41.2. The van der Waals surface area contributed by atoms with Crippen molar-refractivity contribution in [1.29, 1.82) is 0 Å². The van der Waals surface area contributed by atoms with E-state index in [-0.39, 0.29) is 30.7 Å². The first-order valence-electron chi connectivity index (χ1n) is 24.2. The number of nitro benzene ring substituents is 1. The van der Waals surface area contributed by atoms with Crippen LogP contribution < -0.4 is 5.32 Å². The zero-order chi connectivity index (χ0) is 49.2. The van der Waals surface area contributed by atoms with Gasteiger partial charge in [-0.2, -0.15) is 0 Å². The number of carbonyl (C=O) groups is 2. The molecule has 4 N–H and O–H groups in total. The van der Waals surface area contributed by atoms with E-state index >= 15 is 0 Å². The van der Waals surface area contributed by atoms with Crippen LogP contribution in [0.3, 0.4) is 0 Å². The largest absolute Gasteiger partial charge is 0.459 e. The number of aryl methyl sites for hydroxylation is 2. The number of cyclic esters (lactones) is 1. The van der Waals surface area contributed by atoms with Gasteiger partial charge in [-0.15, -0.1) is 5.10 Å². The first-order chi connectivity index (χ1) is 31.7. The van der Waals surface area contributed by atoms with Crippen molar-refractivity contribution < 1.29 is 53.6 Å². The first kappa shape index (κ1) is 54.0. The molecular formula is C48H77N7O12. The summed E-state index contributed by atoms with van der Waals surface area (Å²) in [5.74, 6) is -4.83. The molecule has 2 aromatic rings. The molecule has 3 aliphatic heterocycles. The minimum absolute atomic E-state index is 0.0775. The minimum Gasteiger partial charge on any atom is -0.459 e. The van der Waals surface area contributed by atoms with E-state index < -0.39 is 88.3 Å². The highest BCUT2D eigenvalue weighted by Gasteiger charge is 2.52. The van der Waals surface area contributed by atoms with Crippen LogP contribution in [0.25, 0.3) is 0 Å². The van der Waals surface area contributed by atoms with E-state index in [4.69, 9.17) is 23.8 Å². The number of ketones is 1. The number of nitro groups is 1. The highest BCUT2D eigenvalue weighted by Crippen LogP contribution is 2.39. The Labute approximate surface area is 395 Å². The fourth-order valence-corrected chi connectivity index (χ4v) is 9.99. The van der Waals surface area contributed by atoms with Crippen molar-refractivity contribution in [3.05, 3.63) is 51.8 Å². The molecule has 14 atom stereocenters. The molecule has 3 aliphatic rings. The summed E-state index contributed by atoms with van der Waals surface area (Å²) in [6.45, 7) is 16.4. The summed E-state index contributed by atoms with van der Waals surface area (Å²) >= 11 is 0. The minimum atomic E-state index is -1.92. The Kier molecular flexibility index (Phi) is 19.4. The lowest BCUT2D eigenvalue weighted by Gasteiger charge is -2.47. The number of hydrogen-bond donors (Lipinski definition) is 4. The van der Waals surface area contributed by atoms with Gasteiger partial charge in [0.25, 0.3) is 5.69 Å².